The fourth-order valence-electron chi connectivity index (χ4n) is 2.83. The Hall–Kier alpha value is -0.580. The van der Waals surface area contributed by atoms with Crippen molar-refractivity contribution >= 4 is 21.6 Å². The zero-order valence-corrected chi connectivity index (χ0v) is 13.5. The van der Waals surface area contributed by atoms with Crippen molar-refractivity contribution in [1.29, 1.82) is 0 Å². The lowest BCUT2D eigenvalue weighted by molar-refractivity contribution is 0.175. The van der Waals surface area contributed by atoms with Gasteiger partial charge in [0.2, 0.25) is 0 Å². The maximum Gasteiger partial charge on any atom is 0.0461 e. The van der Waals surface area contributed by atoms with E-state index in [2.05, 4.69) is 45.8 Å². The molecular weight excluding hydrogens is 302 g/mol. The molecule has 0 spiro atoms. The minimum absolute atomic E-state index is 0.640. The maximum absolute atomic E-state index is 5.97. The van der Waals surface area contributed by atoms with Gasteiger partial charge in [-0.2, -0.15) is 0 Å². The van der Waals surface area contributed by atoms with Crippen LogP contribution in [0.3, 0.4) is 0 Å². The second kappa shape index (κ2) is 6.73. The number of hydrogen-bond acceptors (Lipinski definition) is 3. The SMILES string of the molecule is CCC1CN(C)CCCN1Cc1cccc(N)c1Br. The highest BCUT2D eigenvalue weighted by molar-refractivity contribution is 9.10. The number of anilines is 1. The van der Waals surface area contributed by atoms with Crippen LogP contribution >= 0.6 is 15.9 Å². The molecule has 0 aromatic heterocycles. The van der Waals surface area contributed by atoms with E-state index in [0.717, 1.165) is 23.2 Å². The number of nitrogen functional groups attached to an aromatic ring is 1. The summed E-state index contributed by atoms with van der Waals surface area (Å²) in [4.78, 5) is 5.05. The van der Waals surface area contributed by atoms with Crippen LogP contribution in [0, 0.1) is 0 Å². The monoisotopic (exact) mass is 325 g/mol. The number of likely N-dealkylation sites (N-methyl/N-ethyl adjacent to an activating group) is 1. The van der Waals surface area contributed by atoms with Gasteiger partial charge in [-0.25, -0.2) is 0 Å². The number of nitrogens with two attached hydrogens (primary N) is 1. The van der Waals surface area contributed by atoms with Gasteiger partial charge >= 0.3 is 0 Å². The lowest BCUT2D eigenvalue weighted by atomic mass is 10.1. The van der Waals surface area contributed by atoms with Crippen LogP contribution in [-0.2, 0) is 6.54 Å². The molecule has 3 nitrogen and oxygen atoms in total. The van der Waals surface area contributed by atoms with Crippen molar-refractivity contribution in [2.24, 2.45) is 0 Å². The Balaban J connectivity index is 2.13. The highest BCUT2D eigenvalue weighted by atomic mass is 79.9. The van der Waals surface area contributed by atoms with E-state index in [1.807, 2.05) is 12.1 Å². The third kappa shape index (κ3) is 3.71. The molecule has 0 amide bonds. The van der Waals surface area contributed by atoms with Crippen molar-refractivity contribution in [3.8, 4) is 0 Å². The van der Waals surface area contributed by atoms with Crippen molar-refractivity contribution < 1.29 is 0 Å². The Kier molecular flexibility index (Phi) is 5.25. The predicted molar refractivity (Wildman–Crippen MR) is 85.2 cm³/mol. The topological polar surface area (TPSA) is 32.5 Å². The minimum atomic E-state index is 0.640. The van der Waals surface area contributed by atoms with Crippen molar-refractivity contribution in [3.63, 3.8) is 0 Å². The summed E-state index contributed by atoms with van der Waals surface area (Å²) in [6.07, 6.45) is 2.44. The third-order valence-electron chi connectivity index (χ3n) is 3.98. The maximum atomic E-state index is 5.97. The van der Waals surface area contributed by atoms with Gasteiger partial charge in [-0.05, 0) is 54.0 Å². The van der Waals surface area contributed by atoms with Gasteiger partial charge in [0, 0.05) is 35.8 Å². The van der Waals surface area contributed by atoms with E-state index in [1.165, 1.54) is 31.5 Å². The first kappa shape index (κ1) is 14.8. The van der Waals surface area contributed by atoms with Gasteiger partial charge in [-0.15, -0.1) is 0 Å². The molecule has 0 bridgehead atoms. The van der Waals surface area contributed by atoms with Crippen molar-refractivity contribution in [2.75, 3.05) is 32.4 Å². The summed E-state index contributed by atoms with van der Waals surface area (Å²) in [5.41, 5.74) is 8.10. The molecule has 106 valence electrons. The van der Waals surface area contributed by atoms with Crippen molar-refractivity contribution in [1.82, 2.24) is 9.80 Å². The number of nitrogens with zero attached hydrogens (tertiary/aromatic N) is 2. The number of halogens is 1. The molecule has 4 heteroatoms. The van der Waals surface area contributed by atoms with Gasteiger partial charge in [0.25, 0.3) is 0 Å². The fraction of sp³-hybridized carbons (Fsp3) is 0.600. The molecule has 1 aliphatic heterocycles. The number of benzene rings is 1. The van der Waals surface area contributed by atoms with Crippen LogP contribution < -0.4 is 5.73 Å². The lowest BCUT2D eigenvalue weighted by Gasteiger charge is -2.30. The minimum Gasteiger partial charge on any atom is -0.398 e. The van der Waals surface area contributed by atoms with Crippen LogP contribution in [0.1, 0.15) is 25.3 Å². The van der Waals surface area contributed by atoms with E-state index in [4.69, 9.17) is 5.73 Å². The standard InChI is InChI=1S/C15H24BrN3/c1-3-13-11-18(2)8-5-9-19(13)10-12-6-4-7-14(17)15(12)16/h4,6-7,13H,3,5,8-11,17H2,1-2H3. The Morgan fingerprint density at radius 2 is 2.16 bits per heavy atom. The summed E-state index contributed by atoms with van der Waals surface area (Å²) < 4.78 is 1.06. The molecular formula is C15H24BrN3. The molecule has 1 heterocycles. The molecule has 19 heavy (non-hydrogen) atoms. The molecule has 1 fully saturated rings. The molecule has 1 atom stereocenters. The number of hydrogen-bond donors (Lipinski definition) is 1. The summed E-state index contributed by atoms with van der Waals surface area (Å²) >= 11 is 3.62. The molecule has 0 saturated carbocycles. The van der Waals surface area contributed by atoms with Crippen LogP contribution in [0.4, 0.5) is 5.69 Å². The lowest BCUT2D eigenvalue weighted by Crippen LogP contribution is -2.39. The average molecular weight is 326 g/mol. The molecule has 1 aliphatic rings. The molecule has 1 saturated heterocycles. The van der Waals surface area contributed by atoms with E-state index in [-0.39, 0.29) is 0 Å². The second-order valence-corrected chi connectivity index (χ2v) is 6.26. The van der Waals surface area contributed by atoms with Gasteiger partial charge in [0.05, 0.1) is 0 Å². The van der Waals surface area contributed by atoms with E-state index >= 15 is 0 Å². The van der Waals surface area contributed by atoms with E-state index in [1.54, 1.807) is 0 Å². The fourth-order valence-corrected chi connectivity index (χ4v) is 3.22. The van der Waals surface area contributed by atoms with Crippen LogP contribution in [-0.4, -0.2) is 42.5 Å². The Morgan fingerprint density at radius 3 is 2.89 bits per heavy atom. The summed E-state index contributed by atoms with van der Waals surface area (Å²) in [6, 6.07) is 6.80. The summed E-state index contributed by atoms with van der Waals surface area (Å²) in [5.74, 6) is 0. The molecule has 1 aromatic rings. The van der Waals surface area contributed by atoms with Gasteiger partial charge in [0.15, 0.2) is 0 Å². The van der Waals surface area contributed by atoms with Gasteiger partial charge in [-0.1, -0.05) is 19.1 Å². The van der Waals surface area contributed by atoms with Crippen LogP contribution in [0.15, 0.2) is 22.7 Å². The molecule has 1 aromatic carbocycles. The smallest absolute Gasteiger partial charge is 0.0461 e. The molecule has 1 unspecified atom stereocenters. The van der Waals surface area contributed by atoms with Gasteiger partial charge in [0.1, 0.15) is 0 Å². The Labute approximate surface area is 124 Å². The Morgan fingerprint density at radius 1 is 1.37 bits per heavy atom. The van der Waals surface area contributed by atoms with E-state index in [9.17, 15) is 0 Å². The second-order valence-electron chi connectivity index (χ2n) is 5.47. The normalized spacial score (nSPS) is 22.4. The summed E-state index contributed by atoms with van der Waals surface area (Å²) in [6.45, 7) is 6.80. The van der Waals surface area contributed by atoms with Gasteiger partial charge < -0.3 is 10.6 Å². The summed E-state index contributed by atoms with van der Waals surface area (Å²) in [7, 11) is 2.22. The first-order valence-corrected chi connectivity index (χ1v) is 7.86. The average Bonchev–Trinajstić information content (AvgIpc) is 2.57. The summed E-state index contributed by atoms with van der Waals surface area (Å²) in [5, 5.41) is 0. The zero-order valence-electron chi connectivity index (χ0n) is 11.9. The number of rotatable bonds is 3. The molecule has 0 aliphatic carbocycles. The Bertz CT molecular complexity index is 422. The molecule has 2 N–H and O–H groups in total. The molecule has 0 radical (unpaired) electrons. The molecule has 2 rings (SSSR count). The van der Waals surface area contributed by atoms with E-state index in [0.29, 0.717) is 6.04 Å². The zero-order chi connectivity index (χ0) is 13.8. The quantitative estimate of drug-likeness (QED) is 0.867. The highest BCUT2D eigenvalue weighted by Crippen LogP contribution is 2.26. The van der Waals surface area contributed by atoms with Crippen molar-refractivity contribution in [2.45, 2.75) is 32.4 Å². The van der Waals surface area contributed by atoms with Crippen LogP contribution in [0.5, 0.6) is 0 Å². The van der Waals surface area contributed by atoms with Crippen LogP contribution in [0.2, 0.25) is 0 Å². The highest BCUT2D eigenvalue weighted by Gasteiger charge is 2.22. The van der Waals surface area contributed by atoms with E-state index < -0.39 is 0 Å². The first-order valence-electron chi connectivity index (χ1n) is 7.07. The van der Waals surface area contributed by atoms with Gasteiger partial charge in [-0.3, -0.25) is 4.90 Å². The largest absolute Gasteiger partial charge is 0.398 e. The third-order valence-corrected chi connectivity index (χ3v) is 4.94. The first-order chi connectivity index (χ1) is 9.11. The van der Waals surface area contributed by atoms with Crippen molar-refractivity contribution in [3.05, 3.63) is 28.2 Å². The predicted octanol–water partition coefficient (Wildman–Crippen LogP) is 2.95. The van der Waals surface area contributed by atoms with Crippen LogP contribution in [0.25, 0.3) is 0 Å².